The van der Waals surface area contributed by atoms with E-state index in [0.717, 1.165) is 12.8 Å². The normalized spacial score (nSPS) is 12.2. The van der Waals surface area contributed by atoms with Gasteiger partial charge in [-0.2, -0.15) is 0 Å². The number of rotatable bonds is 8. The molecule has 0 aliphatic carbocycles. The molecule has 0 aromatic carbocycles. The van der Waals surface area contributed by atoms with Crippen molar-refractivity contribution in [3.8, 4) is 0 Å². The van der Waals surface area contributed by atoms with Gasteiger partial charge in [0, 0.05) is 6.04 Å². The molecule has 1 aromatic rings. The minimum Gasteiger partial charge on any atom is -0.480 e. The highest BCUT2D eigenvalue weighted by Crippen LogP contribution is 2.06. The number of nitrogens with zero attached hydrogens (tertiary/aromatic N) is 3. The van der Waals surface area contributed by atoms with Crippen molar-refractivity contribution in [2.75, 3.05) is 0 Å². The third-order valence-corrected chi connectivity index (χ3v) is 2.87. The molecular weight excluding hydrogens is 274 g/mol. The molecule has 0 saturated heterocycles. The molecule has 1 aromatic heterocycles. The zero-order chi connectivity index (χ0) is 15.8. The zero-order valence-corrected chi connectivity index (χ0v) is 12.7. The summed E-state index contributed by atoms with van der Waals surface area (Å²) in [6.07, 6.45) is 3.49. The number of amides is 2. The van der Waals surface area contributed by atoms with E-state index in [-0.39, 0.29) is 25.2 Å². The van der Waals surface area contributed by atoms with Gasteiger partial charge in [0.25, 0.3) is 0 Å². The van der Waals surface area contributed by atoms with Crippen LogP contribution in [-0.2, 0) is 17.9 Å². The second-order valence-corrected chi connectivity index (χ2v) is 5.50. The molecule has 2 amide bonds. The van der Waals surface area contributed by atoms with E-state index in [2.05, 4.69) is 34.8 Å². The van der Waals surface area contributed by atoms with Crippen LogP contribution in [0.25, 0.3) is 0 Å². The minimum absolute atomic E-state index is 0.107. The molecule has 8 nitrogen and oxygen atoms in total. The third kappa shape index (κ3) is 7.28. The Kier molecular flexibility index (Phi) is 6.64. The van der Waals surface area contributed by atoms with Crippen LogP contribution in [0.2, 0.25) is 0 Å². The van der Waals surface area contributed by atoms with Gasteiger partial charge in [-0.1, -0.05) is 19.1 Å². The van der Waals surface area contributed by atoms with Crippen molar-refractivity contribution in [2.24, 2.45) is 5.92 Å². The Bertz CT molecular complexity index is 472. The van der Waals surface area contributed by atoms with Gasteiger partial charge in [0.2, 0.25) is 0 Å². The molecule has 1 heterocycles. The number of urea groups is 1. The summed E-state index contributed by atoms with van der Waals surface area (Å²) in [6, 6.07) is -0.158. The summed E-state index contributed by atoms with van der Waals surface area (Å²) in [6.45, 7) is 6.22. The fourth-order valence-corrected chi connectivity index (χ4v) is 1.74. The fourth-order valence-electron chi connectivity index (χ4n) is 1.74. The lowest BCUT2D eigenvalue weighted by atomic mass is 10.0. The van der Waals surface area contributed by atoms with Gasteiger partial charge in [0.05, 0.1) is 12.7 Å². The SMILES string of the molecule is CC(C)CCC(C)NC(=O)NCc1cn(CC(=O)O)nn1. The van der Waals surface area contributed by atoms with Crippen LogP contribution < -0.4 is 10.6 Å². The van der Waals surface area contributed by atoms with E-state index in [1.165, 1.54) is 10.9 Å². The van der Waals surface area contributed by atoms with Gasteiger partial charge in [-0.3, -0.25) is 4.79 Å². The standard InChI is InChI=1S/C13H23N5O3/c1-9(2)4-5-10(3)15-13(21)14-6-11-7-18(17-16-11)8-12(19)20/h7,9-10H,4-6,8H2,1-3H3,(H,19,20)(H2,14,15,21). The van der Waals surface area contributed by atoms with Gasteiger partial charge in [0.15, 0.2) is 0 Å². The average Bonchev–Trinajstić information content (AvgIpc) is 2.80. The van der Waals surface area contributed by atoms with Crippen molar-refractivity contribution in [2.45, 2.75) is 52.7 Å². The lowest BCUT2D eigenvalue weighted by Crippen LogP contribution is -2.40. The van der Waals surface area contributed by atoms with Crippen molar-refractivity contribution in [3.63, 3.8) is 0 Å². The zero-order valence-electron chi connectivity index (χ0n) is 12.7. The average molecular weight is 297 g/mol. The van der Waals surface area contributed by atoms with Gasteiger partial charge in [-0.05, 0) is 25.7 Å². The fraction of sp³-hybridized carbons (Fsp3) is 0.692. The maximum atomic E-state index is 11.7. The molecule has 21 heavy (non-hydrogen) atoms. The first-order valence-electron chi connectivity index (χ1n) is 7.02. The van der Waals surface area contributed by atoms with E-state index in [4.69, 9.17) is 5.11 Å². The monoisotopic (exact) mass is 297 g/mol. The van der Waals surface area contributed by atoms with Crippen LogP contribution in [0.5, 0.6) is 0 Å². The van der Waals surface area contributed by atoms with Crippen LogP contribution in [0.15, 0.2) is 6.20 Å². The van der Waals surface area contributed by atoms with E-state index < -0.39 is 5.97 Å². The lowest BCUT2D eigenvalue weighted by Gasteiger charge is -2.15. The first kappa shape index (κ1) is 16.9. The molecule has 0 fully saturated rings. The molecule has 3 N–H and O–H groups in total. The number of nitrogens with one attached hydrogen (secondary N) is 2. The Labute approximate surface area is 123 Å². The number of aliphatic carboxylic acids is 1. The Morgan fingerprint density at radius 3 is 2.67 bits per heavy atom. The van der Waals surface area contributed by atoms with Crippen LogP contribution in [0.3, 0.4) is 0 Å². The number of carboxylic acid groups (broad SMARTS) is 1. The van der Waals surface area contributed by atoms with Gasteiger partial charge >= 0.3 is 12.0 Å². The van der Waals surface area contributed by atoms with E-state index in [1.807, 2.05) is 6.92 Å². The number of aromatic nitrogens is 3. The quantitative estimate of drug-likeness (QED) is 0.663. The van der Waals surface area contributed by atoms with E-state index in [9.17, 15) is 9.59 Å². The summed E-state index contributed by atoms with van der Waals surface area (Å²) in [7, 11) is 0. The molecule has 1 atom stereocenters. The van der Waals surface area contributed by atoms with E-state index in [1.54, 1.807) is 0 Å². The van der Waals surface area contributed by atoms with E-state index in [0.29, 0.717) is 11.6 Å². The molecular formula is C13H23N5O3. The molecule has 0 saturated carbocycles. The highest BCUT2D eigenvalue weighted by Gasteiger charge is 2.09. The van der Waals surface area contributed by atoms with Crippen molar-refractivity contribution in [1.29, 1.82) is 0 Å². The number of carbonyl (C=O) groups is 2. The summed E-state index contributed by atoms with van der Waals surface area (Å²) in [5.41, 5.74) is 0.515. The molecule has 1 unspecified atom stereocenters. The van der Waals surface area contributed by atoms with Crippen molar-refractivity contribution >= 4 is 12.0 Å². The van der Waals surface area contributed by atoms with Crippen LogP contribution in [-0.4, -0.2) is 38.1 Å². The Hall–Kier alpha value is -2.12. The van der Waals surface area contributed by atoms with Crippen LogP contribution in [0, 0.1) is 5.92 Å². The van der Waals surface area contributed by atoms with Gasteiger partial charge in [-0.25, -0.2) is 9.48 Å². The summed E-state index contributed by atoms with van der Waals surface area (Å²) >= 11 is 0. The van der Waals surface area contributed by atoms with Crippen molar-refractivity contribution in [1.82, 2.24) is 25.6 Å². The predicted molar refractivity (Wildman–Crippen MR) is 76.6 cm³/mol. The first-order chi connectivity index (χ1) is 9.86. The lowest BCUT2D eigenvalue weighted by molar-refractivity contribution is -0.137. The van der Waals surface area contributed by atoms with Crippen molar-refractivity contribution in [3.05, 3.63) is 11.9 Å². The summed E-state index contributed by atoms with van der Waals surface area (Å²) in [5, 5.41) is 21.6. The maximum Gasteiger partial charge on any atom is 0.325 e. The number of carbonyl (C=O) groups excluding carboxylic acids is 1. The number of carboxylic acids is 1. The molecule has 8 heteroatoms. The maximum absolute atomic E-state index is 11.7. The van der Waals surface area contributed by atoms with Crippen LogP contribution in [0.1, 0.15) is 39.3 Å². The second kappa shape index (κ2) is 8.23. The molecule has 0 spiro atoms. The molecule has 0 radical (unpaired) electrons. The molecule has 1 rings (SSSR count). The summed E-state index contributed by atoms with van der Waals surface area (Å²) in [4.78, 5) is 22.2. The highest BCUT2D eigenvalue weighted by atomic mass is 16.4. The Balaban J connectivity index is 2.29. The summed E-state index contributed by atoms with van der Waals surface area (Å²) < 4.78 is 1.21. The van der Waals surface area contributed by atoms with Gasteiger partial charge in [0.1, 0.15) is 12.2 Å². The third-order valence-electron chi connectivity index (χ3n) is 2.87. The smallest absolute Gasteiger partial charge is 0.325 e. The first-order valence-corrected chi connectivity index (χ1v) is 7.02. The Morgan fingerprint density at radius 2 is 2.05 bits per heavy atom. The Morgan fingerprint density at radius 1 is 1.33 bits per heavy atom. The largest absolute Gasteiger partial charge is 0.480 e. The molecule has 118 valence electrons. The van der Waals surface area contributed by atoms with Crippen molar-refractivity contribution < 1.29 is 14.7 Å². The minimum atomic E-state index is -0.990. The molecule has 0 bridgehead atoms. The second-order valence-electron chi connectivity index (χ2n) is 5.50. The van der Waals surface area contributed by atoms with Gasteiger partial charge < -0.3 is 15.7 Å². The van der Waals surface area contributed by atoms with Crippen LogP contribution in [0.4, 0.5) is 4.79 Å². The molecule has 0 aliphatic rings. The van der Waals surface area contributed by atoms with Gasteiger partial charge in [-0.15, -0.1) is 5.10 Å². The molecule has 0 aliphatic heterocycles. The number of hydrogen-bond donors (Lipinski definition) is 3. The summed E-state index contributed by atoms with van der Waals surface area (Å²) in [5.74, 6) is -0.377. The topological polar surface area (TPSA) is 109 Å². The highest BCUT2D eigenvalue weighted by molar-refractivity contribution is 5.74. The van der Waals surface area contributed by atoms with Crippen LogP contribution >= 0.6 is 0 Å². The predicted octanol–water partition coefficient (Wildman–Crippen LogP) is 0.987. The van der Waals surface area contributed by atoms with E-state index >= 15 is 0 Å². The number of hydrogen-bond acceptors (Lipinski definition) is 4.